The zero-order chi connectivity index (χ0) is 21.4. The van der Waals surface area contributed by atoms with Crippen molar-refractivity contribution in [1.82, 2.24) is 29.7 Å². The summed E-state index contributed by atoms with van der Waals surface area (Å²) in [4.78, 5) is 31.8. The van der Waals surface area contributed by atoms with Gasteiger partial charge in [-0.3, -0.25) is 14.3 Å². The van der Waals surface area contributed by atoms with Crippen LogP contribution in [0.1, 0.15) is 0 Å². The van der Waals surface area contributed by atoms with Crippen LogP contribution in [-0.2, 0) is 11.3 Å². The van der Waals surface area contributed by atoms with E-state index in [2.05, 4.69) is 20.4 Å². The second-order valence-corrected chi connectivity index (χ2v) is 8.00. The van der Waals surface area contributed by atoms with Gasteiger partial charge in [-0.15, -0.1) is 0 Å². The molecule has 158 valence electrons. The minimum Gasteiger partial charge on any atom is -0.480 e. The minimum atomic E-state index is -0.959. The Kier molecular flexibility index (Phi) is 4.96. The number of piperazine rings is 1. The van der Waals surface area contributed by atoms with Crippen LogP contribution in [0.5, 0.6) is 0 Å². The first-order valence-corrected chi connectivity index (χ1v) is 10.7. The quantitative estimate of drug-likeness (QED) is 0.478. The molecule has 0 spiro atoms. The number of hydrogen-bond acceptors (Lipinski definition) is 8. The normalized spacial score (nSPS) is 14.3. The summed E-state index contributed by atoms with van der Waals surface area (Å²) in [6.45, 7) is 2.96. The Balaban J connectivity index is 1.63. The summed E-state index contributed by atoms with van der Waals surface area (Å²) in [5.74, 6) is -0.297. The van der Waals surface area contributed by atoms with Crippen molar-refractivity contribution in [3.05, 3.63) is 52.5 Å². The Morgan fingerprint density at radius 1 is 1.16 bits per heavy atom. The summed E-state index contributed by atoms with van der Waals surface area (Å²) in [5, 5.41) is 20.6. The molecule has 10 nitrogen and oxygen atoms in total. The van der Waals surface area contributed by atoms with Gasteiger partial charge in [-0.05, 0) is 17.2 Å². The summed E-state index contributed by atoms with van der Waals surface area (Å²) in [6, 6.07) is 7.57. The molecule has 1 aliphatic heterocycles. The highest BCUT2D eigenvalue weighted by Gasteiger charge is 2.22. The van der Waals surface area contributed by atoms with Crippen LogP contribution in [0.25, 0.3) is 27.2 Å². The second-order valence-electron chi connectivity index (χ2n) is 7.19. The SMILES string of the molecule is O=C(O)Cn1cc(-c2cccc(-c3c(N4CCNCC4)nc4scnn4c3=O)c2)cn1. The zero-order valence-electron chi connectivity index (χ0n) is 16.4. The van der Waals surface area contributed by atoms with Gasteiger partial charge in [0.25, 0.3) is 5.56 Å². The van der Waals surface area contributed by atoms with Gasteiger partial charge >= 0.3 is 5.97 Å². The number of fused-ring (bicyclic) bond motifs is 1. The molecule has 0 bridgehead atoms. The number of carboxylic acids is 1. The molecule has 0 unspecified atom stereocenters. The lowest BCUT2D eigenvalue weighted by Gasteiger charge is -2.29. The fraction of sp³-hybridized carbons (Fsp3) is 0.250. The number of hydrogen-bond donors (Lipinski definition) is 2. The highest BCUT2D eigenvalue weighted by atomic mass is 32.1. The highest BCUT2D eigenvalue weighted by Crippen LogP contribution is 2.30. The van der Waals surface area contributed by atoms with Crippen LogP contribution in [0.4, 0.5) is 5.82 Å². The van der Waals surface area contributed by atoms with Crippen LogP contribution >= 0.6 is 11.3 Å². The van der Waals surface area contributed by atoms with Gasteiger partial charge in [-0.2, -0.15) is 14.7 Å². The Hall–Kier alpha value is -3.57. The van der Waals surface area contributed by atoms with E-state index in [0.29, 0.717) is 16.3 Å². The molecule has 5 rings (SSSR count). The monoisotopic (exact) mass is 437 g/mol. The van der Waals surface area contributed by atoms with Crippen molar-refractivity contribution >= 4 is 28.1 Å². The molecule has 31 heavy (non-hydrogen) atoms. The molecule has 1 saturated heterocycles. The number of nitrogens with one attached hydrogen (secondary N) is 1. The van der Waals surface area contributed by atoms with Crippen molar-refractivity contribution in [3.8, 4) is 22.3 Å². The van der Waals surface area contributed by atoms with E-state index in [-0.39, 0.29) is 12.1 Å². The van der Waals surface area contributed by atoms with Gasteiger partial charge in [0.15, 0.2) is 0 Å². The number of anilines is 1. The van der Waals surface area contributed by atoms with Gasteiger partial charge in [0.1, 0.15) is 17.9 Å². The molecule has 1 fully saturated rings. The Morgan fingerprint density at radius 2 is 1.97 bits per heavy atom. The van der Waals surface area contributed by atoms with Gasteiger partial charge in [0, 0.05) is 37.9 Å². The summed E-state index contributed by atoms with van der Waals surface area (Å²) in [5.41, 5.74) is 4.25. The van der Waals surface area contributed by atoms with Crippen LogP contribution in [-0.4, -0.2) is 61.6 Å². The lowest BCUT2D eigenvalue weighted by Crippen LogP contribution is -2.44. The van der Waals surface area contributed by atoms with Gasteiger partial charge in [-0.25, -0.2) is 4.98 Å². The molecule has 1 aromatic carbocycles. The van der Waals surface area contributed by atoms with E-state index in [0.717, 1.165) is 42.9 Å². The molecule has 4 aromatic rings. The molecule has 3 aromatic heterocycles. The summed E-state index contributed by atoms with van der Waals surface area (Å²) < 4.78 is 2.71. The average molecular weight is 437 g/mol. The number of carbonyl (C=O) groups is 1. The number of carboxylic acid groups (broad SMARTS) is 1. The molecule has 0 saturated carbocycles. The van der Waals surface area contributed by atoms with Crippen molar-refractivity contribution in [3.63, 3.8) is 0 Å². The fourth-order valence-corrected chi connectivity index (χ4v) is 4.33. The van der Waals surface area contributed by atoms with Crippen molar-refractivity contribution in [2.24, 2.45) is 0 Å². The second kappa shape index (κ2) is 7.93. The number of benzene rings is 1. The summed E-state index contributed by atoms with van der Waals surface area (Å²) >= 11 is 1.33. The third-order valence-corrected chi connectivity index (χ3v) is 5.84. The molecular formula is C20H19N7O3S. The van der Waals surface area contributed by atoms with Gasteiger partial charge < -0.3 is 15.3 Å². The average Bonchev–Trinajstić information content (AvgIpc) is 3.44. The standard InChI is InChI=1S/C20H19N7O3S/c28-16(29)11-26-10-15(9-22-26)13-2-1-3-14(8-13)17-18(25-6-4-21-5-7-25)24-20-27(19(17)30)23-12-31-20/h1-3,8-10,12,21H,4-7,11H2,(H,28,29). The van der Waals surface area contributed by atoms with Crippen LogP contribution in [0.3, 0.4) is 0 Å². The topological polar surface area (TPSA) is 118 Å². The maximum Gasteiger partial charge on any atom is 0.325 e. The van der Waals surface area contributed by atoms with E-state index >= 15 is 0 Å². The van der Waals surface area contributed by atoms with Crippen molar-refractivity contribution < 1.29 is 9.90 Å². The van der Waals surface area contributed by atoms with Crippen LogP contribution in [0, 0.1) is 0 Å². The van der Waals surface area contributed by atoms with E-state index in [4.69, 9.17) is 10.1 Å². The highest BCUT2D eigenvalue weighted by molar-refractivity contribution is 7.14. The summed E-state index contributed by atoms with van der Waals surface area (Å²) in [6.07, 6.45) is 3.30. The fourth-order valence-electron chi connectivity index (χ4n) is 3.73. The predicted molar refractivity (Wildman–Crippen MR) is 117 cm³/mol. The number of rotatable bonds is 5. The molecule has 0 amide bonds. The third kappa shape index (κ3) is 3.68. The van der Waals surface area contributed by atoms with Gasteiger partial charge in [0.2, 0.25) is 4.96 Å². The van der Waals surface area contributed by atoms with Crippen LogP contribution in [0.2, 0.25) is 0 Å². The maximum atomic E-state index is 13.4. The molecular weight excluding hydrogens is 418 g/mol. The lowest BCUT2D eigenvalue weighted by atomic mass is 10.0. The molecule has 0 atom stereocenters. The van der Waals surface area contributed by atoms with E-state index in [9.17, 15) is 9.59 Å². The number of nitrogens with zero attached hydrogens (tertiary/aromatic N) is 6. The van der Waals surface area contributed by atoms with Gasteiger partial charge in [-0.1, -0.05) is 29.5 Å². The van der Waals surface area contributed by atoms with Gasteiger partial charge in [0.05, 0.1) is 11.8 Å². The third-order valence-electron chi connectivity index (χ3n) is 5.16. The molecule has 1 aliphatic rings. The largest absolute Gasteiger partial charge is 0.480 e. The smallest absolute Gasteiger partial charge is 0.325 e. The van der Waals surface area contributed by atoms with Crippen molar-refractivity contribution in [1.29, 1.82) is 0 Å². The van der Waals surface area contributed by atoms with E-state index < -0.39 is 5.97 Å². The predicted octanol–water partition coefficient (Wildman–Crippen LogP) is 1.18. The first kappa shape index (κ1) is 19.4. The molecule has 0 radical (unpaired) electrons. The number of aliphatic carboxylic acids is 1. The van der Waals surface area contributed by atoms with E-state index in [1.807, 2.05) is 24.3 Å². The Bertz CT molecular complexity index is 1320. The Labute approximate surface area is 180 Å². The maximum absolute atomic E-state index is 13.4. The minimum absolute atomic E-state index is 0.210. The van der Waals surface area contributed by atoms with Crippen molar-refractivity contribution in [2.45, 2.75) is 6.54 Å². The Morgan fingerprint density at radius 3 is 2.77 bits per heavy atom. The number of aromatic nitrogens is 5. The first-order chi connectivity index (χ1) is 15.1. The lowest BCUT2D eigenvalue weighted by molar-refractivity contribution is -0.137. The molecule has 11 heteroatoms. The molecule has 2 N–H and O–H groups in total. The molecule has 4 heterocycles. The van der Waals surface area contributed by atoms with E-state index in [1.165, 1.54) is 20.5 Å². The van der Waals surface area contributed by atoms with E-state index in [1.54, 1.807) is 17.9 Å². The van der Waals surface area contributed by atoms with Crippen molar-refractivity contribution in [2.75, 3.05) is 31.1 Å². The van der Waals surface area contributed by atoms with Crippen LogP contribution < -0.4 is 15.8 Å². The van der Waals surface area contributed by atoms with Crippen LogP contribution in [0.15, 0.2) is 47.0 Å². The summed E-state index contributed by atoms with van der Waals surface area (Å²) in [7, 11) is 0. The zero-order valence-corrected chi connectivity index (χ0v) is 17.2. The molecule has 0 aliphatic carbocycles. The first-order valence-electron chi connectivity index (χ1n) is 9.77.